The minimum Gasteiger partial charge on any atom is -0.467 e. The molecule has 242 valence electrons. The van der Waals surface area contributed by atoms with Gasteiger partial charge >= 0.3 is 12.1 Å². The summed E-state index contributed by atoms with van der Waals surface area (Å²) in [6.45, 7) is 10.2. The van der Waals surface area contributed by atoms with E-state index in [1.807, 2.05) is 13.8 Å². The number of hydrogen-bond acceptors (Lipinski definition) is 11. The number of carbonyl (C=O) groups excluding carboxylic acids is 5. The van der Waals surface area contributed by atoms with Gasteiger partial charge in [-0.15, -0.1) is 11.8 Å². The van der Waals surface area contributed by atoms with E-state index in [0.717, 1.165) is 18.2 Å². The fourth-order valence-corrected chi connectivity index (χ4v) is 6.59. The third-order valence-electron chi connectivity index (χ3n) is 8.32. The highest BCUT2D eigenvalue weighted by molar-refractivity contribution is 8.00. The zero-order valence-corrected chi connectivity index (χ0v) is 27.0. The van der Waals surface area contributed by atoms with Crippen molar-refractivity contribution >= 4 is 41.4 Å². The van der Waals surface area contributed by atoms with E-state index in [4.69, 9.17) is 23.7 Å². The van der Waals surface area contributed by atoms with Crippen LogP contribution in [0.1, 0.15) is 66.7 Å². The number of imide groups is 1. The summed E-state index contributed by atoms with van der Waals surface area (Å²) in [5.41, 5.74) is 0.361. The van der Waals surface area contributed by atoms with Crippen LogP contribution in [0.2, 0.25) is 0 Å². The molecule has 43 heavy (non-hydrogen) atoms. The van der Waals surface area contributed by atoms with Gasteiger partial charge in [-0.05, 0) is 40.0 Å². The van der Waals surface area contributed by atoms with Crippen LogP contribution in [0.25, 0.3) is 0 Å². The number of Topliss-reactive ketones (excluding diaryl/α,β-unsaturated/α-hetero) is 1. The van der Waals surface area contributed by atoms with Crippen molar-refractivity contribution < 1.29 is 47.7 Å². The van der Waals surface area contributed by atoms with Crippen molar-refractivity contribution in [3.63, 3.8) is 0 Å². The summed E-state index contributed by atoms with van der Waals surface area (Å²) in [5, 5.41) is 4.78. The van der Waals surface area contributed by atoms with E-state index < -0.39 is 47.7 Å². The van der Waals surface area contributed by atoms with E-state index in [9.17, 15) is 24.0 Å². The summed E-state index contributed by atoms with van der Waals surface area (Å²) in [6, 6.07) is -1.01. The van der Waals surface area contributed by atoms with Crippen LogP contribution in [0, 0.1) is 11.8 Å². The molecule has 3 aliphatic rings. The molecule has 0 radical (unpaired) electrons. The molecule has 0 aromatic carbocycles. The smallest absolute Gasteiger partial charge is 0.414 e. The monoisotopic (exact) mass is 626 g/mol. The van der Waals surface area contributed by atoms with E-state index >= 15 is 0 Å². The van der Waals surface area contributed by atoms with Gasteiger partial charge in [-0.1, -0.05) is 25.5 Å². The van der Waals surface area contributed by atoms with Crippen LogP contribution in [0.5, 0.6) is 0 Å². The predicted octanol–water partition coefficient (Wildman–Crippen LogP) is 2.71. The summed E-state index contributed by atoms with van der Waals surface area (Å²) in [5.74, 6) is -2.28. The molecule has 0 unspecified atom stereocenters. The predicted molar refractivity (Wildman–Crippen MR) is 158 cm³/mol. The summed E-state index contributed by atoms with van der Waals surface area (Å²) in [7, 11) is 2.77. The molecule has 3 fully saturated rings. The Kier molecular flexibility index (Phi) is 12.2. The average Bonchev–Trinajstić information content (AvgIpc) is 3.86. The van der Waals surface area contributed by atoms with Gasteiger partial charge in [-0.3, -0.25) is 19.7 Å². The van der Waals surface area contributed by atoms with Crippen molar-refractivity contribution in [2.45, 2.75) is 102 Å². The Hall–Kier alpha value is -2.48. The summed E-state index contributed by atoms with van der Waals surface area (Å²) in [4.78, 5) is 61.4. The Balaban J connectivity index is 1.49. The topological polar surface area (TPSA) is 162 Å². The third-order valence-corrected chi connectivity index (χ3v) is 9.35. The first-order valence-corrected chi connectivity index (χ1v) is 15.9. The van der Waals surface area contributed by atoms with Gasteiger partial charge in [0.25, 0.3) is 0 Å². The van der Waals surface area contributed by atoms with Crippen LogP contribution in [0.4, 0.5) is 4.79 Å². The van der Waals surface area contributed by atoms with Gasteiger partial charge in [-0.25, -0.2) is 9.59 Å². The number of carbonyl (C=O) groups is 5. The molecule has 1 spiro atoms. The van der Waals surface area contributed by atoms with Crippen LogP contribution in [0.3, 0.4) is 0 Å². The van der Waals surface area contributed by atoms with Crippen LogP contribution in [-0.2, 0) is 42.9 Å². The normalized spacial score (nSPS) is 29.8. The minimum atomic E-state index is -1.01. The second kappa shape index (κ2) is 15.0. The van der Waals surface area contributed by atoms with Gasteiger partial charge < -0.3 is 29.0 Å². The molecule has 2 heterocycles. The Morgan fingerprint density at radius 3 is 2.37 bits per heavy atom. The van der Waals surface area contributed by atoms with Gasteiger partial charge in [-0.2, -0.15) is 0 Å². The summed E-state index contributed by atoms with van der Waals surface area (Å²) >= 11 is 1.04. The second-order valence-corrected chi connectivity index (χ2v) is 13.2. The number of allylic oxidation sites excluding steroid dienone is 1. The lowest BCUT2D eigenvalue weighted by molar-refractivity contribution is -0.144. The number of ketones is 1. The molecule has 3 rings (SSSR count). The lowest BCUT2D eigenvalue weighted by Crippen LogP contribution is -2.56. The van der Waals surface area contributed by atoms with Crippen molar-refractivity contribution in [3.05, 3.63) is 11.6 Å². The van der Waals surface area contributed by atoms with E-state index in [-0.39, 0.29) is 53.7 Å². The fraction of sp³-hybridized carbons (Fsp3) is 0.767. The van der Waals surface area contributed by atoms with E-state index in [0.29, 0.717) is 19.4 Å². The molecule has 1 saturated carbocycles. The first-order valence-electron chi connectivity index (χ1n) is 14.7. The number of rotatable bonds is 15. The maximum Gasteiger partial charge on any atom is 0.414 e. The molecule has 0 aromatic rings. The minimum absolute atomic E-state index is 0.0124. The first-order chi connectivity index (χ1) is 20.3. The molecule has 0 bridgehead atoms. The standard InChI is InChI=1S/C30H46N2O10S/c1-17(2)8-10-22-29(5,42-22)26-25(38-6)21(12-13-30(26)16-40-30)41-28(37)32-24(35)15-43-14-19(27(36)39-7)31-23(34)11-9-20(33)18(3)4/h8,18-19,21-22,25-26H,9-16H2,1-7H3,(H,31,34)(H,32,35,37)/t19-,21+,22+,25+,26+,29-,30-/m0/s1. The van der Waals surface area contributed by atoms with E-state index in [2.05, 4.69) is 23.6 Å². The van der Waals surface area contributed by atoms with Gasteiger partial charge in [0.05, 0.1) is 31.5 Å². The Morgan fingerprint density at radius 2 is 1.79 bits per heavy atom. The summed E-state index contributed by atoms with van der Waals surface area (Å²) in [6.07, 6.45) is 2.17. The maximum absolute atomic E-state index is 12.7. The maximum atomic E-state index is 12.7. The van der Waals surface area contributed by atoms with Gasteiger partial charge in [0.15, 0.2) is 0 Å². The van der Waals surface area contributed by atoms with Crippen molar-refractivity contribution in [2.75, 3.05) is 32.3 Å². The molecule has 12 nitrogen and oxygen atoms in total. The highest BCUT2D eigenvalue weighted by Gasteiger charge is 2.72. The van der Waals surface area contributed by atoms with Gasteiger partial charge in [0, 0.05) is 31.6 Å². The van der Waals surface area contributed by atoms with Gasteiger partial charge in [0.2, 0.25) is 11.8 Å². The number of hydrogen-bond donors (Lipinski definition) is 2. The number of ether oxygens (including phenoxy) is 5. The lowest BCUT2D eigenvalue weighted by Gasteiger charge is -2.42. The number of epoxide rings is 2. The largest absolute Gasteiger partial charge is 0.467 e. The van der Waals surface area contributed by atoms with Crippen LogP contribution in [0.15, 0.2) is 11.6 Å². The number of nitrogens with one attached hydrogen (secondary N) is 2. The van der Waals surface area contributed by atoms with Crippen molar-refractivity contribution in [1.82, 2.24) is 10.6 Å². The molecule has 0 aromatic heterocycles. The molecular formula is C30H46N2O10S. The molecule has 2 aliphatic heterocycles. The van der Waals surface area contributed by atoms with Crippen LogP contribution in [-0.4, -0.2) is 97.5 Å². The van der Waals surface area contributed by atoms with Crippen molar-refractivity contribution in [2.24, 2.45) is 11.8 Å². The van der Waals surface area contributed by atoms with Crippen LogP contribution >= 0.6 is 11.8 Å². The van der Waals surface area contributed by atoms with Crippen molar-refractivity contribution in [1.29, 1.82) is 0 Å². The molecule has 1 aliphatic carbocycles. The highest BCUT2D eigenvalue weighted by Crippen LogP contribution is 2.59. The number of esters is 1. The quantitative estimate of drug-likeness (QED) is 0.156. The lowest BCUT2D eigenvalue weighted by atomic mass is 9.68. The summed E-state index contributed by atoms with van der Waals surface area (Å²) < 4.78 is 28.4. The zero-order valence-electron chi connectivity index (χ0n) is 26.2. The Bertz CT molecular complexity index is 1090. The fourth-order valence-electron chi connectivity index (χ4n) is 5.76. The van der Waals surface area contributed by atoms with Crippen LogP contribution < -0.4 is 10.6 Å². The Labute approximate surface area is 257 Å². The number of methoxy groups -OCH3 is 2. The SMILES string of the molecule is COC(=O)[C@H](CSCC(=O)NC(=O)O[C@@H]1CC[C@]2(CO2)[C@@H]([C@@]2(C)O[C@@H]2CC=C(C)C)[C@@H]1OC)NC(=O)CCC(=O)C(C)C. The van der Waals surface area contributed by atoms with E-state index in [1.165, 1.54) is 12.7 Å². The van der Waals surface area contributed by atoms with Crippen molar-refractivity contribution in [3.8, 4) is 0 Å². The number of alkyl carbamates (subject to hydrolysis) is 1. The third kappa shape index (κ3) is 9.26. The molecule has 2 N–H and O–H groups in total. The Morgan fingerprint density at radius 1 is 1.09 bits per heavy atom. The van der Waals surface area contributed by atoms with E-state index in [1.54, 1.807) is 21.0 Å². The first kappa shape index (κ1) is 35.0. The molecule has 2 saturated heterocycles. The number of amides is 3. The molecule has 7 atom stereocenters. The van der Waals surface area contributed by atoms with Gasteiger partial charge in [0.1, 0.15) is 35.2 Å². The average molecular weight is 627 g/mol. The molecule has 13 heteroatoms. The highest BCUT2D eigenvalue weighted by atomic mass is 32.2. The molecular weight excluding hydrogens is 580 g/mol. The second-order valence-electron chi connectivity index (χ2n) is 12.1. The molecule has 3 amide bonds. The zero-order chi connectivity index (χ0) is 31.9. The number of thioether (sulfide) groups is 1.